The number of nitrogens with one attached hydrogen (secondary N) is 1. The first-order chi connectivity index (χ1) is 8.11. The lowest BCUT2D eigenvalue weighted by molar-refractivity contribution is 0.424. The molecule has 2 aromatic heterocycles. The Labute approximate surface area is 103 Å². The monoisotopic (exact) mass is 251 g/mol. The van der Waals surface area contributed by atoms with Crippen LogP contribution in [0.15, 0.2) is 15.4 Å². The van der Waals surface area contributed by atoms with Crippen molar-refractivity contribution in [1.82, 2.24) is 15.1 Å². The summed E-state index contributed by atoms with van der Waals surface area (Å²) < 4.78 is 5.11. The molecule has 0 spiro atoms. The first kappa shape index (κ1) is 11.9. The van der Waals surface area contributed by atoms with Crippen molar-refractivity contribution in [3.8, 4) is 11.5 Å². The van der Waals surface area contributed by atoms with Gasteiger partial charge in [-0.25, -0.2) is 0 Å². The van der Waals surface area contributed by atoms with Gasteiger partial charge in [0.05, 0.1) is 5.75 Å². The molecule has 90 valence electrons. The Morgan fingerprint density at radius 2 is 2.24 bits per heavy atom. The van der Waals surface area contributed by atoms with E-state index in [0.29, 0.717) is 17.1 Å². The van der Waals surface area contributed by atoms with Crippen molar-refractivity contribution < 1.29 is 4.52 Å². The topological polar surface area (TPSA) is 71.8 Å². The summed E-state index contributed by atoms with van der Waals surface area (Å²) in [5.41, 5.74) is 1.92. The van der Waals surface area contributed by atoms with Crippen molar-refractivity contribution in [2.75, 3.05) is 6.26 Å². The molecule has 2 aromatic rings. The zero-order valence-corrected chi connectivity index (χ0v) is 10.7. The SMILES string of the molecule is CSCc1noc(-c2c(C)cc(C)[nH]c2=O)n1. The van der Waals surface area contributed by atoms with Crippen molar-refractivity contribution in [1.29, 1.82) is 0 Å². The van der Waals surface area contributed by atoms with Crippen LogP contribution in [0.3, 0.4) is 0 Å². The maximum absolute atomic E-state index is 11.8. The van der Waals surface area contributed by atoms with Gasteiger partial charge in [-0.3, -0.25) is 4.79 Å². The second-order valence-electron chi connectivity index (χ2n) is 3.79. The molecule has 0 atom stereocenters. The van der Waals surface area contributed by atoms with Gasteiger partial charge in [-0.05, 0) is 31.7 Å². The normalized spacial score (nSPS) is 10.8. The molecule has 6 heteroatoms. The number of hydrogen-bond acceptors (Lipinski definition) is 5. The second-order valence-corrected chi connectivity index (χ2v) is 4.65. The molecule has 0 radical (unpaired) electrons. The predicted octanol–water partition coefficient (Wildman–Crippen LogP) is 1.90. The summed E-state index contributed by atoms with van der Waals surface area (Å²) in [6.45, 7) is 3.70. The molecule has 0 unspecified atom stereocenters. The lowest BCUT2D eigenvalue weighted by Gasteiger charge is -2.00. The average molecular weight is 251 g/mol. The van der Waals surface area contributed by atoms with Crippen LogP contribution in [0.1, 0.15) is 17.1 Å². The Bertz CT molecular complexity index is 589. The van der Waals surface area contributed by atoms with Crippen LogP contribution in [0.4, 0.5) is 0 Å². The molecular formula is C11H13N3O2S. The van der Waals surface area contributed by atoms with Gasteiger partial charge in [-0.2, -0.15) is 16.7 Å². The maximum Gasteiger partial charge on any atom is 0.263 e. The van der Waals surface area contributed by atoms with E-state index in [9.17, 15) is 4.79 Å². The molecule has 1 N–H and O–H groups in total. The first-order valence-electron chi connectivity index (χ1n) is 5.14. The second kappa shape index (κ2) is 4.75. The molecule has 0 saturated carbocycles. The van der Waals surface area contributed by atoms with E-state index in [4.69, 9.17) is 4.52 Å². The zero-order valence-electron chi connectivity index (χ0n) is 9.90. The highest BCUT2D eigenvalue weighted by Crippen LogP contribution is 2.18. The number of thioether (sulfide) groups is 1. The number of nitrogens with zero attached hydrogens (tertiary/aromatic N) is 2. The van der Waals surface area contributed by atoms with Crippen molar-refractivity contribution in [3.63, 3.8) is 0 Å². The van der Waals surface area contributed by atoms with Gasteiger partial charge in [-0.1, -0.05) is 5.16 Å². The molecule has 0 bridgehead atoms. The molecule has 5 nitrogen and oxygen atoms in total. The summed E-state index contributed by atoms with van der Waals surface area (Å²) in [5, 5.41) is 3.83. The number of pyridine rings is 1. The fourth-order valence-corrected chi connectivity index (χ4v) is 2.04. The van der Waals surface area contributed by atoms with Gasteiger partial charge >= 0.3 is 0 Å². The molecule has 0 amide bonds. The van der Waals surface area contributed by atoms with Gasteiger partial charge in [0.2, 0.25) is 0 Å². The number of rotatable bonds is 3. The summed E-state index contributed by atoms with van der Waals surface area (Å²) in [6.07, 6.45) is 1.96. The van der Waals surface area contributed by atoms with E-state index in [0.717, 1.165) is 11.3 Å². The van der Waals surface area contributed by atoms with Crippen LogP contribution in [0, 0.1) is 13.8 Å². The van der Waals surface area contributed by atoms with Crippen LogP contribution in [0.25, 0.3) is 11.5 Å². The first-order valence-corrected chi connectivity index (χ1v) is 6.53. The number of aryl methyl sites for hydroxylation is 2. The van der Waals surface area contributed by atoms with Gasteiger partial charge in [0.25, 0.3) is 11.4 Å². The minimum Gasteiger partial charge on any atom is -0.334 e. The Balaban J connectivity index is 2.49. The average Bonchev–Trinajstić information content (AvgIpc) is 2.65. The van der Waals surface area contributed by atoms with Gasteiger partial charge < -0.3 is 9.51 Å². The van der Waals surface area contributed by atoms with Crippen LogP contribution < -0.4 is 5.56 Å². The third-order valence-corrected chi connectivity index (χ3v) is 2.87. The van der Waals surface area contributed by atoms with Crippen LogP contribution in [-0.4, -0.2) is 21.4 Å². The third kappa shape index (κ3) is 2.41. The Hall–Kier alpha value is -1.56. The molecule has 0 saturated heterocycles. The van der Waals surface area contributed by atoms with E-state index in [2.05, 4.69) is 15.1 Å². The van der Waals surface area contributed by atoms with Crippen molar-refractivity contribution in [2.24, 2.45) is 0 Å². The zero-order chi connectivity index (χ0) is 12.4. The summed E-state index contributed by atoms with van der Waals surface area (Å²) in [5.74, 6) is 1.56. The maximum atomic E-state index is 11.8. The lowest BCUT2D eigenvalue weighted by atomic mass is 10.1. The molecule has 0 aliphatic heterocycles. The summed E-state index contributed by atoms with van der Waals surface area (Å²) in [7, 11) is 0. The minimum absolute atomic E-state index is 0.193. The van der Waals surface area contributed by atoms with Gasteiger partial charge in [-0.15, -0.1) is 0 Å². The van der Waals surface area contributed by atoms with Gasteiger partial charge in [0.1, 0.15) is 5.56 Å². The fraction of sp³-hybridized carbons (Fsp3) is 0.364. The minimum atomic E-state index is -0.193. The van der Waals surface area contributed by atoms with E-state index in [1.807, 2.05) is 26.2 Å². The number of H-pyrrole nitrogens is 1. The van der Waals surface area contributed by atoms with E-state index in [-0.39, 0.29) is 11.4 Å². The molecule has 0 aromatic carbocycles. The molecule has 0 fully saturated rings. The predicted molar refractivity (Wildman–Crippen MR) is 67.0 cm³/mol. The summed E-state index contributed by atoms with van der Waals surface area (Å²) in [6, 6.07) is 1.88. The number of hydrogen-bond donors (Lipinski definition) is 1. The molecule has 0 aliphatic rings. The largest absolute Gasteiger partial charge is 0.334 e. The van der Waals surface area contributed by atoms with Crippen LogP contribution in [-0.2, 0) is 5.75 Å². The van der Waals surface area contributed by atoms with Crippen LogP contribution >= 0.6 is 11.8 Å². The molecule has 17 heavy (non-hydrogen) atoms. The van der Waals surface area contributed by atoms with E-state index < -0.39 is 0 Å². The van der Waals surface area contributed by atoms with Crippen molar-refractivity contribution >= 4 is 11.8 Å². The van der Waals surface area contributed by atoms with E-state index in [1.54, 1.807) is 11.8 Å². The van der Waals surface area contributed by atoms with Crippen LogP contribution in [0.5, 0.6) is 0 Å². The molecule has 2 heterocycles. The third-order valence-electron chi connectivity index (χ3n) is 2.32. The van der Waals surface area contributed by atoms with E-state index in [1.165, 1.54) is 0 Å². The summed E-state index contributed by atoms with van der Waals surface area (Å²) in [4.78, 5) is 18.8. The molecule has 0 aliphatic carbocycles. The van der Waals surface area contributed by atoms with Crippen LogP contribution in [0.2, 0.25) is 0 Å². The fourth-order valence-electron chi connectivity index (χ4n) is 1.66. The standard InChI is InChI=1S/C11H13N3O2S/c1-6-4-7(2)12-10(15)9(6)11-13-8(5-17-3)14-16-11/h4H,5H2,1-3H3,(H,12,15). The lowest BCUT2D eigenvalue weighted by Crippen LogP contribution is -2.12. The number of aromatic nitrogens is 3. The highest BCUT2D eigenvalue weighted by Gasteiger charge is 2.15. The highest BCUT2D eigenvalue weighted by atomic mass is 32.2. The highest BCUT2D eigenvalue weighted by molar-refractivity contribution is 7.97. The Morgan fingerprint density at radius 3 is 2.88 bits per heavy atom. The summed E-state index contributed by atoms with van der Waals surface area (Å²) >= 11 is 1.60. The van der Waals surface area contributed by atoms with Crippen molar-refractivity contribution in [2.45, 2.75) is 19.6 Å². The van der Waals surface area contributed by atoms with E-state index >= 15 is 0 Å². The van der Waals surface area contributed by atoms with Crippen molar-refractivity contribution in [3.05, 3.63) is 33.5 Å². The molecule has 2 rings (SSSR count). The quantitative estimate of drug-likeness (QED) is 0.902. The molecular weight excluding hydrogens is 238 g/mol. The Morgan fingerprint density at radius 1 is 1.47 bits per heavy atom. The Kier molecular flexibility index (Phi) is 3.33. The van der Waals surface area contributed by atoms with Gasteiger partial charge in [0, 0.05) is 5.69 Å². The number of aromatic amines is 1. The smallest absolute Gasteiger partial charge is 0.263 e. The van der Waals surface area contributed by atoms with Gasteiger partial charge in [0.15, 0.2) is 5.82 Å².